The Morgan fingerprint density at radius 2 is 0.617 bits per heavy atom. The van der Waals surface area contributed by atoms with Crippen molar-refractivity contribution in [2.75, 3.05) is 9.80 Å². The van der Waals surface area contributed by atoms with Gasteiger partial charge in [0.2, 0.25) is 0 Å². The highest BCUT2D eigenvalue weighted by Crippen LogP contribution is 2.53. The van der Waals surface area contributed by atoms with Crippen molar-refractivity contribution in [3.05, 3.63) is 178 Å². The SMILES string of the molecule is CC1(C)c2ccccc2-c2ccc(N3C(=O)c4ccc5c6ccc7c8c(ccc(c9ccc(c4c59)C3=O)c86)C(=O)N(c3ccc4c(c3)C(C)(C)c3ccccc3-4)C7=O)cc21. The van der Waals surface area contributed by atoms with E-state index in [2.05, 4.69) is 52.0 Å². The summed E-state index contributed by atoms with van der Waals surface area (Å²) in [5, 5.41) is 6.33. The van der Waals surface area contributed by atoms with Gasteiger partial charge in [0.15, 0.2) is 0 Å². The molecular weight excluding hydrogens is 741 g/mol. The first-order valence-electron chi connectivity index (χ1n) is 20.4. The number of fused-ring (bicyclic) bond motifs is 8. The summed E-state index contributed by atoms with van der Waals surface area (Å²) in [6, 6.07) is 43.7. The zero-order valence-electron chi connectivity index (χ0n) is 33.2. The van der Waals surface area contributed by atoms with Crippen molar-refractivity contribution in [1.29, 1.82) is 0 Å². The van der Waals surface area contributed by atoms with Crippen molar-refractivity contribution in [2.24, 2.45) is 0 Å². The topological polar surface area (TPSA) is 74.8 Å². The second-order valence-corrected chi connectivity index (χ2v) is 17.8. The molecule has 4 aliphatic rings. The van der Waals surface area contributed by atoms with E-state index in [0.717, 1.165) is 54.6 Å². The molecule has 0 aromatic heterocycles. The van der Waals surface area contributed by atoms with Crippen LogP contribution in [0.15, 0.2) is 133 Å². The first-order chi connectivity index (χ1) is 29.0. The Kier molecular flexibility index (Phi) is 6.02. The monoisotopic (exact) mass is 774 g/mol. The van der Waals surface area contributed by atoms with E-state index < -0.39 is 0 Å². The number of anilines is 2. The predicted octanol–water partition coefficient (Wildman–Crippen LogP) is 12.0. The Balaban J connectivity index is 0.945. The number of amides is 4. The van der Waals surface area contributed by atoms with Crippen molar-refractivity contribution in [2.45, 2.75) is 38.5 Å². The van der Waals surface area contributed by atoms with Crippen LogP contribution in [0.25, 0.3) is 65.3 Å². The fourth-order valence-electron chi connectivity index (χ4n) is 11.4. The van der Waals surface area contributed by atoms with Crippen LogP contribution in [0.3, 0.4) is 0 Å². The summed E-state index contributed by atoms with van der Waals surface area (Å²) in [6.45, 7) is 8.73. The van der Waals surface area contributed by atoms with Crippen molar-refractivity contribution in [1.82, 2.24) is 0 Å². The highest BCUT2D eigenvalue weighted by Gasteiger charge is 2.42. The van der Waals surface area contributed by atoms with E-state index in [-0.39, 0.29) is 34.5 Å². The average Bonchev–Trinajstić information content (AvgIpc) is 3.63. The number of carbonyl (C=O) groups excluding carboxylic acids is 4. The van der Waals surface area contributed by atoms with Crippen LogP contribution in [0.1, 0.15) is 91.4 Å². The van der Waals surface area contributed by atoms with Gasteiger partial charge in [-0.15, -0.1) is 0 Å². The molecular formula is C54H34N2O4. The van der Waals surface area contributed by atoms with Crippen LogP contribution in [0, 0.1) is 0 Å². The molecule has 0 saturated carbocycles. The molecule has 60 heavy (non-hydrogen) atoms. The zero-order valence-corrected chi connectivity index (χ0v) is 33.2. The van der Waals surface area contributed by atoms with E-state index in [1.807, 2.05) is 109 Å². The molecule has 2 heterocycles. The molecule has 6 heteroatoms. The first kappa shape index (κ1) is 33.5. The Hall–Kier alpha value is -7.44. The number of carbonyl (C=O) groups is 4. The lowest BCUT2D eigenvalue weighted by atomic mass is 9.81. The molecule has 6 nitrogen and oxygen atoms in total. The number of hydrogen-bond acceptors (Lipinski definition) is 4. The van der Waals surface area contributed by atoms with Crippen LogP contribution in [0.4, 0.5) is 11.4 Å². The Morgan fingerprint density at radius 1 is 0.317 bits per heavy atom. The smallest absolute Gasteiger partial charge is 0.265 e. The summed E-state index contributed by atoms with van der Waals surface area (Å²) in [4.78, 5) is 61.0. The zero-order chi connectivity index (χ0) is 40.7. The quantitative estimate of drug-likeness (QED) is 0.0996. The summed E-state index contributed by atoms with van der Waals surface area (Å²) in [7, 11) is 0. The maximum atomic E-state index is 14.6. The minimum atomic E-state index is -0.365. The van der Waals surface area contributed by atoms with Crippen LogP contribution in [-0.2, 0) is 10.8 Å². The van der Waals surface area contributed by atoms with E-state index in [1.54, 1.807) is 0 Å². The number of benzene rings is 9. The number of imide groups is 2. The summed E-state index contributed by atoms with van der Waals surface area (Å²) in [6.07, 6.45) is 0. The third-order valence-corrected chi connectivity index (χ3v) is 14.3. The molecule has 0 radical (unpaired) electrons. The Labute approximate surface area is 344 Å². The van der Waals surface area contributed by atoms with E-state index in [0.29, 0.717) is 44.4 Å². The third-order valence-electron chi connectivity index (χ3n) is 14.3. The molecule has 0 bridgehead atoms. The van der Waals surface area contributed by atoms with Gasteiger partial charge in [0.1, 0.15) is 0 Å². The first-order valence-corrected chi connectivity index (χ1v) is 20.4. The van der Waals surface area contributed by atoms with Crippen LogP contribution < -0.4 is 9.80 Å². The Bertz CT molecular complexity index is 3240. The van der Waals surface area contributed by atoms with Gasteiger partial charge in [-0.05, 0) is 125 Å². The summed E-state index contributed by atoms with van der Waals surface area (Å²) >= 11 is 0. The lowest BCUT2D eigenvalue weighted by Crippen LogP contribution is -2.40. The average molecular weight is 775 g/mol. The molecule has 0 N–H and O–H groups in total. The molecule has 9 aromatic carbocycles. The minimum Gasteiger partial charge on any atom is -0.268 e. The second-order valence-electron chi connectivity index (χ2n) is 17.8. The lowest BCUT2D eigenvalue weighted by molar-refractivity contribution is 0.0877. The maximum absolute atomic E-state index is 14.6. The lowest BCUT2D eigenvalue weighted by Gasteiger charge is -2.31. The fourth-order valence-corrected chi connectivity index (χ4v) is 11.4. The molecule has 0 spiro atoms. The van der Waals surface area contributed by atoms with Crippen LogP contribution >= 0.6 is 0 Å². The van der Waals surface area contributed by atoms with Crippen molar-refractivity contribution >= 4 is 78.1 Å². The standard InChI is InChI=1S/C54H34N2O4/c1-53(2)41-11-7-5-9-29(41)31-15-13-27(25-43(31)53)55-49(57)37-21-17-33-35-19-23-39-48-40(24-20-36(46(35)48)34-18-22-38(50(55)58)47(37)45(33)34)52(60)56(51(39)59)28-14-16-32-30-10-6-8-12-42(30)54(3,4)44(32)26-28/h5-26H,1-4H3. The number of nitrogens with zero attached hydrogens (tertiary/aromatic N) is 2. The van der Waals surface area contributed by atoms with Crippen molar-refractivity contribution in [3.63, 3.8) is 0 Å². The van der Waals surface area contributed by atoms with Gasteiger partial charge >= 0.3 is 0 Å². The fraction of sp³-hybridized carbons (Fsp3) is 0.111. The highest BCUT2D eigenvalue weighted by molar-refractivity contribution is 6.45. The molecule has 0 saturated heterocycles. The number of hydrogen-bond donors (Lipinski definition) is 0. The van der Waals surface area contributed by atoms with Crippen LogP contribution in [0.5, 0.6) is 0 Å². The van der Waals surface area contributed by atoms with E-state index in [9.17, 15) is 19.2 Å². The van der Waals surface area contributed by atoms with Crippen molar-refractivity contribution < 1.29 is 19.2 Å². The van der Waals surface area contributed by atoms with E-state index in [1.165, 1.54) is 32.1 Å². The number of rotatable bonds is 2. The minimum absolute atomic E-state index is 0.295. The van der Waals surface area contributed by atoms with E-state index in [4.69, 9.17) is 0 Å². The molecule has 284 valence electrons. The largest absolute Gasteiger partial charge is 0.268 e. The van der Waals surface area contributed by atoms with E-state index >= 15 is 0 Å². The molecule has 2 aliphatic carbocycles. The molecule has 9 aromatic rings. The van der Waals surface area contributed by atoms with Gasteiger partial charge < -0.3 is 0 Å². The summed E-state index contributed by atoms with van der Waals surface area (Å²) in [5.74, 6) is -1.46. The van der Waals surface area contributed by atoms with Gasteiger partial charge in [-0.2, -0.15) is 0 Å². The second kappa shape index (κ2) is 10.8. The van der Waals surface area contributed by atoms with Gasteiger partial charge in [0.05, 0.1) is 11.4 Å². The normalized spacial score (nSPS) is 16.7. The van der Waals surface area contributed by atoms with Crippen molar-refractivity contribution in [3.8, 4) is 22.3 Å². The molecule has 4 amide bonds. The summed E-state index contributed by atoms with van der Waals surface area (Å²) in [5.41, 5.74) is 11.5. The van der Waals surface area contributed by atoms with Gasteiger partial charge in [-0.25, -0.2) is 9.80 Å². The Morgan fingerprint density at radius 3 is 0.967 bits per heavy atom. The molecule has 0 fully saturated rings. The summed E-state index contributed by atoms with van der Waals surface area (Å²) < 4.78 is 0. The maximum Gasteiger partial charge on any atom is 0.265 e. The van der Waals surface area contributed by atoms with Gasteiger partial charge in [0.25, 0.3) is 23.6 Å². The molecule has 13 rings (SSSR count). The van der Waals surface area contributed by atoms with Gasteiger partial charge in [-0.3, -0.25) is 19.2 Å². The van der Waals surface area contributed by atoms with Gasteiger partial charge in [0, 0.05) is 43.9 Å². The molecule has 0 atom stereocenters. The third kappa shape index (κ3) is 3.81. The highest BCUT2D eigenvalue weighted by atomic mass is 16.2. The van der Waals surface area contributed by atoms with Crippen LogP contribution in [0.2, 0.25) is 0 Å². The molecule has 0 unspecified atom stereocenters. The predicted molar refractivity (Wildman–Crippen MR) is 238 cm³/mol. The van der Waals surface area contributed by atoms with Gasteiger partial charge in [-0.1, -0.05) is 113 Å². The molecule has 2 aliphatic heterocycles. The van der Waals surface area contributed by atoms with Crippen LogP contribution in [-0.4, -0.2) is 23.6 Å².